The van der Waals surface area contributed by atoms with Gasteiger partial charge in [-0.05, 0) is 36.4 Å². The van der Waals surface area contributed by atoms with Crippen LogP contribution in [0.15, 0.2) is 48.8 Å². The summed E-state index contributed by atoms with van der Waals surface area (Å²) in [5.41, 5.74) is 0.743. The van der Waals surface area contributed by atoms with Crippen molar-refractivity contribution in [3.05, 3.63) is 60.4 Å². The molecule has 1 N–H and O–H groups in total. The van der Waals surface area contributed by atoms with E-state index in [4.69, 9.17) is 0 Å². The lowest BCUT2D eigenvalue weighted by molar-refractivity contribution is -0.274. The van der Waals surface area contributed by atoms with Crippen molar-refractivity contribution in [2.45, 2.75) is 6.36 Å². The summed E-state index contributed by atoms with van der Waals surface area (Å²) in [6.45, 7) is 0. The highest BCUT2D eigenvalue weighted by atomic mass is 19.4. The molecule has 0 saturated carbocycles. The summed E-state index contributed by atoms with van der Waals surface area (Å²) in [5, 5.41) is 2.90. The number of aromatic nitrogens is 3. The van der Waals surface area contributed by atoms with Crippen molar-refractivity contribution in [1.82, 2.24) is 14.4 Å². The van der Waals surface area contributed by atoms with Crippen LogP contribution in [0.25, 0.3) is 16.7 Å². The Morgan fingerprint density at radius 1 is 1.00 bits per heavy atom. The van der Waals surface area contributed by atoms with E-state index in [1.807, 2.05) is 0 Å². The van der Waals surface area contributed by atoms with Crippen LogP contribution in [0.4, 0.5) is 33.5 Å². The molecule has 10 heteroatoms. The van der Waals surface area contributed by atoms with E-state index in [2.05, 4.69) is 20.0 Å². The number of halogens is 5. The van der Waals surface area contributed by atoms with Gasteiger partial charge in [-0.1, -0.05) is 0 Å². The maximum Gasteiger partial charge on any atom is 0.573 e. The molecule has 2 aromatic heterocycles. The summed E-state index contributed by atoms with van der Waals surface area (Å²) in [6, 6.07) is 7.26. The average Bonchev–Trinajstić information content (AvgIpc) is 3.08. The van der Waals surface area contributed by atoms with E-state index in [1.165, 1.54) is 35.0 Å². The quantitative estimate of drug-likeness (QED) is 0.519. The van der Waals surface area contributed by atoms with Crippen LogP contribution in [0, 0.1) is 11.6 Å². The molecule has 2 heterocycles. The first-order chi connectivity index (χ1) is 12.8. The number of rotatable bonds is 3. The van der Waals surface area contributed by atoms with Gasteiger partial charge in [0.25, 0.3) is 0 Å². The number of nitrogens with zero attached hydrogens (tertiary/aromatic N) is 3. The molecule has 0 bridgehead atoms. The first kappa shape index (κ1) is 17.0. The fourth-order valence-electron chi connectivity index (χ4n) is 2.64. The van der Waals surface area contributed by atoms with Crippen molar-refractivity contribution in [2.75, 3.05) is 5.32 Å². The van der Waals surface area contributed by atoms with Crippen molar-refractivity contribution in [2.24, 2.45) is 0 Å². The third-order valence-corrected chi connectivity index (χ3v) is 3.72. The van der Waals surface area contributed by atoms with Crippen LogP contribution in [0.3, 0.4) is 0 Å². The number of fused-ring (bicyclic) bond motifs is 3. The summed E-state index contributed by atoms with van der Waals surface area (Å²) >= 11 is 0. The normalized spacial score (nSPS) is 11.9. The highest BCUT2D eigenvalue weighted by Crippen LogP contribution is 2.28. The van der Waals surface area contributed by atoms with Crippen molar-refractivity contribution in [3.8, 4) is 5.75 Å². The standard InChI is InChI=1S/C17H9F5N4O/c18-11-5-6-12-14(13(11)19)26-8-7-23-16(26)15(25-12)24-9-1-3-10(4-2-9)27-17(20,21)22/h1-8H,(H,24,25). The van der Waals surface area contributed by atoms with Gasteiger partial charge in [-0.3, -0.25) is 4.40 Å². The average molecular weight is 380 g/mol. The molecule has 138 valence electrons. The zero-order valence-corrected chi connectivity index (χ0v) is 13.3. The molecule has 0 fully saturated rings. The lowest BCUT2D eigenvalue weighted by atomic mass is 10.2. The largest absolute Gasteiger partial charge is 0.573 e. The van der Waals surface area contributed by atoms with Gasteiger partial charge in [0.15, 0.2) is 23.1 Å². The summed E-state index contributed by atoms with van der Waals surface area (Å²) in [5.74, 6) is -2.21. The highest BCUT2D eigenvalue weighted by Gasteiger charge is 2.31. The molecular weight excluding hydrogens is 371 g/mol. The maximum atomic E-state index is 14.2. The van der Waals surface area contributed by atoms with E-state index in [9.17, 15) is 22.0 Å². The second-order valence-corrected chi connectivity index (χ2v) is 5.51. The molecule has 4 aromatic rings. The predicted octanol–water partition coefficient (Wildman–Crippen LogP) is 4.80. The van der Waals surface area contributed by atoms with E-state index in [0.717, 1.165) is 18.2 Å². The van der Waals surface area contributed by atoms with Crippen LogP contribution in [0.5, 0.6) is 5.75 Å². The smallest absolute Gasteiger partial charge is 0.406 e. The summed E-state index contributed by atoms with van der Waals surface area (Å²) in [7, 11) is 0. The third kappa shape index (κ3) is 3.21. The van der Waals surface area contributed by atoms with Gasteiger partial charge in [-0.15, -0.1) is 13.2 Å². The molecule has 0 saturated heterocycles. The topological polar surface area (TPSA) is 51.5 Å². The Kier molecular flexibility index (Phi) is 3.83. The zero-order valence-electron chi connectivity index (χ0n) is 13.3. The minimum Gasteiger partial charge on any atom is -0.406 e. The van der Waals surface area contributed by atoms with E-state index < -0.39 is 18.0 Å². The van der Waals surface area contributed by atoms with E-state index >= 15 is 0 Å². The Morgan fingerprint density at radius 2 is 1.74 bits per heavy atom. The van der Waals surface area contributed by atoms with Gasteiger partial charge in [0.2, 0.25) is 0 Å². The van der Waals surface area contributed by atoms with Crippen LogP contribution >= 0.6 is 0 Å². The molecule has 0 spiro atoms. The molecule has 4 rings (SSSR count). The number of anilines is 2. The Hall–Kier alpha value is -3.43. The van der Waals surface area contributed by atoms with E-state index in [-0.39, 0.29) is 28.2 Å². The Bertz CT molecular complexity index is 1140. The number of hydrogen-bond donors (Lipinski definition) is 1. The van der Waals surface area contributed by atoms with Crippen molar-refractivity contribution in [1.29, 1.82) is 0 Å². The van der Waals surface area contributed by atoms with Crippen molar-refractivity contribution < 1.29 is 26.7 Å². The monoisotopic (exact) mass is 380 g/mol. The second-order valence-electron chi connectivity index (χ2n) is 5.51. The van der Waals surface area contributed by atoms with E-state index in [1.54, 1.807) is 0 Å². The number of nitrogens with one attached hydrogen (secondary N) is 1. The van der Waals surface area contributed by atoms with Crippen LogP contribution in [-0.4, -0.2) is 20.7 Å². The van der Waals surface area contributed by atoms with E-state index in [0.29, 0.717) is 5.69 Å². The van der Waals surface area contributed by atoms with Gasteiger partial charge >= 0.3 is 6.36 Å². The summed E-state index contributed by atoms with van der Waals surface area (Å²) in [4.78, 5) is 8.32. The third-order valence-electron chi connectivity index (χ3n) is 3.72. The molecule has 0 aliphatic heterocycles. The summed E-state index contributed by atoms with van der Waals surface area (Å²) < 4.78 is 69.5. The van der Waals surface area contributed by atoms with Crippen molar-refractivity contribution >= 4 is 28.2 Å². The van der Waals surface area contributed by atoms with Gasteiger partial charge in [0, 0.05) is 18.1 Å². The molecule has 0 unspecified atom stereocenters. The number of benzene rings is 2. The first-order valence-electron chi connectivity index (χ1n) is 7.55. The fraction of sp³-hybridized carbons (Fsp3) is 0.0588. The van der Waals surface area contributed by atoms with Gasteiger partial charge in [0.05, 0.1) is 5.52 Å². The highest BCUT2D eigenvalue weighted by molar-refractivity contribution is 5.84. The minimum atomic E-state index is -4.78. The van der Waals surface area contributed by atoms with Gasteiger partial charge < -0.3 is 10.1 Å². The Balaban J connectivity index is 1.74. The SMILES string of the molecule is Fc1ccc2nc(Nc3ccc(OC(F)(F)F)cc3)c3nccn3c2c1F. The number of alkyl halides is 3. The molecule has 27 heavy (non-hydrogen) atoms. The van der Waals surface area contributed by atoms with Gasteiger partial charge in [-0.25, -0.2) is 18.7 Å². The molecule has 2 aromatic carbocycles. The molecule has 5 nitrogen and oxygen atoms in total. The Morgan fingerprint density at radius 3 is 2.44 bits per heavy atom. The van der Waals surface area contributed by atoms with Gasteiger partial charge in [0.1, 0.15) is 11.3 Å². The van der Waals surface area contributed by atoms with Crippen LogP contribution in [-0.2, 0) is 0 Å². The van der Waals surface area contributed by atoms with Crippen LogP contribution in [0.2, 0.25) is 0 Å². The first-order valence-corrected chi connectivity index (χ1v) is 7.55. The van der Waals surface area contributed by atoms with Crippen molar-refractivity contribution in [3.63, 3.8) is 0 Å². The molecule has 0 aliphatic carbocycles. The number of hydrogen-bond acceptors (Lipinski definition) is 4. The molecular formula is C17H9F5N4O. The van der Waals surface area contributed by atoms with Gasteiger partial charge in [-0.2, -0.15) is 0 Å². The number of ether oxygens (including phenoxy) is 1. The predicted molar refractivity (Wildman–Crippen MR) is 86.8 cm³/mol. The summed E-state index contributed by atoms with van der Waals surface area (Å²) in [6.07, 6.45) is -1.93. The van der Waals surface area contributed by atoms with Crippen LogP contribution in [0.1, 0.15) is 0 Å². The minimum absolute atomic E-state index is 0.0676. The lowest BCUT2D eigenvalue weighted by Crippen LogP contribution is -2.17. The lowest BCUT2D eigenvalue weighted by Gasteiger charge is -2.12. The zero-order chi connectivity index (χ0) is 19.2. The maximum absolute atomic E-state index is 14.2. The fourth-order valence-corrected chi connectivity index (χ4v) is 2.64. The second kappa shape index (κ2) is 6.08. The Labute approximate surface area is 148 Å². The molecule has 0 radical (unpaired) electrons. The van der Waals surface area contributed by atoms with Crippen LogP contribution < -0.4 is 10.1 Å². The molecule has 0 atom stereocenters. The molecule has 0 amide bonds. The number of imidazole rings is 1. The molecule has 0 aliphatic rings.